The third-order valence-electron chi connectivity index (χ3n) is 7.84. The minimum Gasteiger partial charge on any atom is -0.495 e. The van der Waals surface area contributed by atoms with Gasteiger partial charge in [-0.2, -0.15) is 4.98 Å². The average Bonchev–Trinajstić information content (AvgIpc) is 2.92. The van der Waals surface area contributed by atoms with Crippen LogP contribution in [0.1, 0.15) is 37.2 Å². The van der Waals surface area contributed by atoms with Crippen molar-refractivity contribution in [1.82, 2.24) is 14.9 Å². The molecule has 208 valence electrons. The Morgan fingerprint density at radius 3 is 2.46 bits per heavy atom. The quantitative estimate of drug-likeness (QED) is 0.278. The van der Waals surface area contributed by atoms with E-state index in [0.717, 1.165) is 36.9 Å². The van der Waals surface area contributed by atoms with Gasteiger partial charge in [-0.3, -0.25) is 0 Å². The van der Waals surface area contributed by atoms with E-state index in [2.05, 4.69) is 32.5 Å². The number of hydrogen-bond acceptors (Lipinski definition) is 8. The maximum absolute atomic E-state index is 15.4. The van der Waals surface area contributed by atoms with Crippen LogP contribution in [0.15, 0.2) is 42.6 Å². The molecule has 2 aromatic carbocycles. The predicted octanol–water partition coefficient (Wildman–Crippen LogP) is 6.58. The molecule has 8 nitrogen and oxygen atoms in total. The molecule has 0 atom stereocenters. The number of piperidine rings is 1. The molecule has 1 spiro atoms. The minimum atomic E-state index is -1.27. The molecule has 0 unspecified atom stereocenters. The van der Waals surface area contributed by atoms with E-state index in [0.29, 0.717) is 33.3 Å². The Kier molecular flexibility index (Phi) is 8.55. The smallest absolute Gasteiger partial charge is 0.229 e. The van der Waals surface area contributed by atoms with E-state index >= 15 is 4.39 Å². The van der Waals surface area contributed by atoms with Crippen LogP contribution in [0.2, 0.25) is 5.02 Å². The first-order chi connectivity index (χ1) is 18.8. The first kappa shape index (κ1) is 28.0. The zero-order valence-corrected chi connectivity index (χ0v) is 24.3. The maximum atomic E-state index is 15.4. The molecule has 0 bridgehead atoms. The summed E-state index contributed by atoms with van der Waals surface area (Å²) in [4.78, 5) is 11.2. The van der Waals surface area contributed by atoms with Crippen LogP contribution in [0.3, 0.4) is 0 Å². The molecule has 2 N–H and O–H groups in total. The zero-order chi connectivity index (χ0) is 27.6. The normalized spacial score (nSPS) is 17.3. The highest BCUT2D eigenvalue weighted by atomic mass is 35.5. The molecule has 1 aliphatic heterocycles. The van der Waals surface area contributed by atoms with Crippen molar-refractivity contribution in [3.05, 3.63) is 59.0 Å². The fourth-order valence-corrected chi connectivity index (χ4v) is 6.84. The van der Waals surface area contributed by atoms with Gasteiger partial charge in [0.1, 0.15) is 16.6 Å². The molecule has 1 aliphatic carbocycles. The summed E-state index contributed by atoms with van der Waals surface area (Å²) in [6, 6.07) is 10.9. The second kappa shape index (κ2) is 11.9. The van der Waals surface area contributed by atoms with Gasteiger partial charge < -0.3 is 29.3 Å². The number of ether oxygens (including phenoxy) is 1. The molecule has 1 saturated carbocycles. The molecule has 2 aliphatic rings. The lowest BCUT2D eigenvalue weighted by Crippen LogP contribution is -2.45. The van der Waals surface area contributed by atoms with E-state index in [9.17, 15) is 0 Å². The Labute approximate surface area is 235 Å². The summed E-state index contributed by atoms with van der Waals surface area (Å²) in [5.74, 6) is 1.14. The summed E-state index contributed by atoms with van der Waals surface area (Å²) < 4.78 is 32.0. The number of anilines is 4. The summed E-state index contributed by atoms with van der Waals surface area (Å²) in [6.07, 6.45) is 5.92. The van der Waals surface area contributed by atoms with Gasteiger partial charge in [-0.15, -0.1) is 0 Å². The molecular formula is C28H34ClFN5O3P. The van der Waals surface area contributed by atoms with Gasteiger partial charge in [-0.25, -0.2) is 9.37 Å². The number of hydrogen-bond donors (Lipinski definition) is 2. The van der Waals surface area contributed by atoms with Gasteiger partial charge >= 0.3 is 0 Å². The van der Waals surface area contributed by atoms with Crippen molar-refractivity contribution in [3.8, 4) is 5.75 Å². The number of para-hydroxylation sites is 1. The third-order valence-corrected chi connectivity index (χ3v) is 9.56. The van der Waals surface area contributed by atoms with Crippen molar-refractivity contribution in [3.63, 3.8) is 0 Å². The maximum Gasteiger partial charge on any atom is 0.229 e. The van der Waals surface area contributed by atoms with E-state index in [4.69, 9.17) is 25.4 Å². The number of halogens is 2. The van der Waals surface area contributed by atoms with Crippen molar-refractivity contribution >= 4 is 48.4 Å². The second-order valence-corrected chi connectivity index (χ2v) is 12.4. The highest BCUT2D eigenvalue weighted by Crippen LogP contribution is 2.57. The lowest BCUT2D eigenvalue weighted by Gasteiger charge is -2.52. The van der Waals surface area contributed by atoms with Crippen LogP contribution in [-0.4, -0.2) is 56.3 Å². The van der Waals surface area contributed by atoms with E-state index in [1.54, 1.807) is 21.3 Å². The van der Waals surface area contributed by atoms with Crippen LogP contribution in [0, 0.1) is 11.2 Å². The summed E-state index contributed by atoms with van der Waals surface area (Å²) in [7, 11) is 5.67. The minimum absolute atomic E-state index is 0.212. The SMILES string of the molecule is COc1cc(C2CC3(CCN(C)CC3)C2)c(F)cc1Nc1ncc(Cl)c(Nc2ccccc2P(OC)OC)n1. The topological polar surface area (TPSA) is 80.8 Å². The van der Waals surface area contributed by atoms with Gasteiger partial charge in [0.25, 0.3) is 0 Å². The number of nitrogens with one attached hydrogen (secondary N) is 2. The van der Waals surface area contributed by atoms with Gasteiger partial charge in [-0.1, -0.05) is 23.7 Å². The van der Waals surface area contributed by atoms with Crippen LogP contribution in [-0.2, 0) is 9.05 Å². The Balaban J connectivity index is 1.34. The largest absolute Gasteiger partial charge is 0.495 e. The van der Waals surface area contributed by atoms with Crippen LogP contribution >= 0.6 is 20.0 Å². The Morgan fingerprint density at radius 2 is 1.77 bits per heavy atom. The van der Waals surface area contributed by atoms with E-state index in [-0.39, 0.29) is 17.7 Å². The van der Waals surface area contributed by atoms with Crippen molar-refractivity contribution in [1.29, 1.82) is 0 Å². The second-order valence-electron chi connectivity index (χ2n) is 10.3. The fourth-order valence-electron chi connectivity index (χ4n) is 5.63. The zero-order valence-electron chi connectivity index (χ0n) is 22.6. The lowest BCUT2D eigenvalue weighted by molar-refractivity contribution is 0.0227. The molecule has 2 heterocycles. The number of likely N-dealkylation sites (tertiary alicyclic amines) is 1. The summed E-state index contributed by atoms with van der Waals surface area (Å²) in [5, 5.41) is 7.53. The Hall–Kier alpha value is -2.55. The van der Waals surface area contributed by atoms with Gasteiger partial charge in [0, 0.05) is 20.3 Å². The highest BCUT2D eigenvalue weighted by molar-refractivity contribution is 7.56. The number of methoxy groups -OCH3 is 1. The summed E-state index contributed by atoms with van der Waals surface area (Å²) >= 11 is 6.42. The molecule has 11 heteroatoms. The number of aromatic nitrogens is 2. The van der Waals surface area contributed by atoms with E-state index in [1.807, 2.05) is 30.3 Å². The van der Waals surface area contributed by atoms with Crippen LogP contribution < -0.4 is 20.7 Å². The van der Waals surface area contributed by atoms with E-state index < -0.39 is 8.38 Å². The number of benzene rings is 2. The Bertz CT molecular complexity index is 1310. The molecular weight excluding hydrogens is 540 g/mol. The van der Waals surface area contributed by atoms with Crippen LogP contribution in [0.4, 0.5) is 27.5 Å². The van der Waals surface area contributed by atoms with Crippen molar-refractivity contribution in [2.24, 2.45) is 5.41 Å². The van der Waals surface area contributed by atoms with Gasteiger partial charge in [0.2, 0.25) is 14.3 Å². The molecule has 3 aromatic rings. The molecule has 2 fully saturated rings. The van der Waals surface area contributed by atoms with Gasteiger partial charge in [0.05, 0.1) is 30.0 Å². The molecule has 1 aromatic heterocycles. The monoisotopic (exact) mass is 573 g/mol. The van der Waals surface area contributed by atoms with Crippen molar-refractivity contribution in [2.45, 2.75) is 31.6 Å². The van der Waals surface area contributed by atoms with Gasteiger partial charge in [0.15, 0.2) is 5.82 Å². The number of nitrogens with zero attached hydrogens (tertiary/aromatic N) is 3. The molecule has 5 rings (SSSR count). The highest BCUT2D eigenvalue weighted by Gasteiger charge is 2.46. The molecule has 0 amide bonds. The molecule has 0 radical (unpaired) electrons. The lowest BCUT2D eigenvalue weighted by atomic mass is 9.56. The van der Waals surface area contributed by atoms with Gasteiger partial charge in [-0.05, 0) is 80.9 Å². The first-order valence-electron chi connectivity index (χ1n) is 12.9. The molecule has 1 saturated heterocycles. The fraction of sp³-hybridized carbons (Fsp3) is 0.429. The summed E-state index contributed by atoms with van der Waals surface area (Å²) in [6.45, 7) is 2.23. The van der Waals surface area contributed by atoms with Crippen LogP contribution in [0.25, 0.3) is 0 Å². The average molecular weight is 574 g/mol. The van der Waals surface area contributed by atoms with E-state index in [1.165, 1.54) is 25.1 Å². The first-order valence-corrected chi connectivity index (χ1v) is 14.5. The van der Waals surface area contributed by atoms with Crippen molar-refractivity contribution < 1.29 is 18.2 Å². The third kappa shape index (κ3) is 5.98. The molecule has 39 heavy (non-hydrogen) atoms. The summed E-state index contributed by atoms with van der Waals surface area (Å²) in [5.41, 5.74) is 2.27. The standard InChI is InChI=1S/C28H34ClFN5O3P/c1-35-11-9-28(10-12-35)15-18(16-28)19-13-24(36-2)23(14-21(19)30)33-27-31-17-20(29)26(34-27)32-22-7-5-6-8-25(22)39(37-3)38-4/h5-8,13-14,17-18H,9-12,15-16H2,1-4H3,(H2,31,32,33,34). The Morgan fingerprint density at radius 1 is 1.05 bits per heavy atom. The predicted molar refractivity (Wildman–Crippen MR) is 155 cm³/mol. The van der Waals surface area contributed by atoms with Crippen LogP contribution in [0.5, 0.6) is 5.75 Å². The number of rotatable bonds is 9. The van der Waals surface area contributed by atoms with Crippen molar-refractivity contribution in [2.75, 3.05) is 52.1 Å².